The molecule has 1 atom stereocenters. The lowest BCUT2D eigenvalue weighted by molar-refractivity contribution is -0.122. The second-order valence-electron chi connectivity index (χ2n) is 5.18. The number of benzene rings is 1. The van der Waals surface area contributed by atoms with E-state index in [1.54, 1.807) is 0 Å². The van der Waals surface area contributed by atoms with E-state index in [4.69, 9.17) is 0 Å². The van der Waals surface area contributed by atoms with E-state index in [0.717, 1.165) is 37.9 Å². The van der Waals surface area contributed by atoms with Gasteiger partial charge in [-0.05, 0) is 44.9 Å². The number of hydrogen-bond donors (Lipinski definition) is 2. The Hall–Kier alpha value is -1.35. The summed E-state index contributed by atoms with van der Waals surface area (Å²) in [5.41, 5.74) is 1.74. The summed E-state index contributed by atoms with van der Waals surface area (Å²) < 4.78 is 0. The Morgan fingerprint density at radius 1 is 1.39 bits per heavy atom. The van der Waals surface area contributed by atoms with Gasteiger partial charge in [-0.15, -0.1) is 0 Å². The molecule has 1 heterocycles. The predicted molar refractivity (Wildman–Crippen MR) is 74.7 cm³/mol. The number of amides is 1. The number of nitrogens with one attached hydrogen (secondary N) is 2. The summed E-state index contributed by atoms with van der Waals surface area (Å²) in [5, 5.41) is 6.43. The first kappa shape index (κ1) is 13.1. The molecule has 1 aliphatic rings. The van der Waals surface area contributed by atoms with Crippen molar-refractivity contribution >= 4 is 11.6 Å². The van der Waals surface area contributed by atoms with Gasteiger partial charge in [0.1, 0.15) is 0 Å². The number of anilines is 1. The molecule has 0 radical (unpaired) electrons. The number of carbonyl (C=O) groups is 1. The van der Waals surface area contributed by atoms with Crippen LogP contribution in [0.2, 0.25) is 0 Å². The molecule has 18 heavy (non-hydrogen) atoms. The van der Waals surface area contributed by atoms with Crippen LogP contribution in [0.1, 0.15) is 38.2 Å². The highest BCUT2D eigenvalue weighted by atomic mass is 16.2. The van der Waals surface area contributed by atoms with Gasteiger partial charge in [0.2, 0.25) is 5.91 Å². The van der Waals surface area contributed by atoms with Crippen LogP contribution in [0.3, 0.4) is 0 Å². The minimum absolute atomic E-state index is 0.116. The topological polar surface area (TPSA) is 41.1 Å². The highest BCUT2D eigenvalue weighted by molar-refractivity contribution is 5.98. The lowest BCUT2D eigenvalue weighted by Crippen LogP contribution is -2.50. The molecular weight excluding hydrogens is 224 g/mol. The predicted octanol–water partition coefficient (Wildman–Crippen LogP) is 2.86. The zero-order valence-corrected chi connectivity index (χ0v) is 11.3. The minimum atomic E-state index is -0.348. The van der Waals surface area contributed by atoms with Crippen molar-refractivity contribution in [3.63, 3.8) is 0 Å². The summed E-state index contributed by atoms with van der Waals surface area (Å²) in [4.78, 5) is 12.4. The van der Waals surface area contributed by atoms with Gasteiger partial charge >= 0.3 is 0 Å². The van der Waals surface area contributed by atoms with E-state index in [9.17, 15) is 4.79 Å². The molecule has 2 N–H and O–H groups in total. The summed E-state index contributed by atoms with van der Waals surface area (Å²) in [7, 11) is 0. The van der Waals surface area contributed by atoms with Gasteiger partial charge < -0.3 is 10.6 Å². The van der Waals surface area contributed by atoms with Gasteiger partial charge in [-0.3, -0.25) is 4.79 Å². The Balaban J connectivity index is 2.07. The maximum atomic E-state index is 12.4. The molecule has 1 aliphatic heterocycles. The standard InChI is InChI=1S/C15H22N2O/c1-3-9-15(10-4-11-16-15)14(18)17-13-7-5-12(2)6-8-13/h5-8,16H,3-4,9-11H2,1-2H3,(H,17,18). The zero-order chi connectivity index (χ0) is 13.0. The van der Waals surface area contributed by atoms with Gasteiger partial charge in [0, 0.05) is 5.69 Å². The van der Waals surface area contributed by atoms with Crippen LogP contribution < -0.4 is 10.6 Å². The Bertz CT molecular complexity index is 405. The van der Waals surface area contributed by atoms with E-state index in [1.807, 2.05) is 31.2 Å². The fourth-order valence-electron chi connectivity index (χ4n) is 2.64. The molecule has 0 aliphatic carbocycles. The molecule has 3 heteroatoms. The number of hydrogen-bond acceptors (Lipinski definition) is 2. The molecule has 3 nitrogen and oxygen atoms in total. The lowest BCUT2D eigenvalue weighted by Gasteiger charge is -2.27. The molecule has 0 bridgehead atoms. The third-order valence-corrected chi connectivity index (χ3v) is 3.66. The van der Waals surface area contributed by atoms with E-state index < -0.39 is 0 Å². The van der Waals surface area contributed by atoms with Crippen molar-refractivity contribution in [3.8, 4) is 0 Å². The number of aryl methyl sites for hydroxylation is 1. The average Bonchev–Trinajstić information content (AvgIpc) is 2.82. The van der Waals surface area contributed by atoms with Crippen molar-refractivity contribution in [3.05, 3.63) is 29.8 Å². The molecule has 0 aromatic heterocycles. The van der Waals surface area contributed by atoms with Gasteiger partial charge in [-0.1, -0.05) is 31.0 Å². The zero-order valence-electron chi connectivity index (χ0n) is 11.3. The molecule has 1 saturated heterocycles. The van der Waals surface area contributed by atoms with E-state index in [0.29, 0.717) is 0 Å². The molecule has 1 aromatic carbocycles. The molecule has 2 rings (SSSR count). The Kier molecular flexibility index (Phi) is 4.02. The quantitative estimate of drug-likeness (QED) is 0.857. The normalized spacial score (nSPS) is 23.0. The third-order valence-electron chi connectivity index (χ3n) is 3.66. The van der Waals surface area contributed by atoms with E-state index in [2.05, 4.69) is 17.6 Å². The summed E-state index contributed by atoms with van der Waals surface area (Å²) in [6.07, 6.45) is 3.96. The summed E-state index contributed by atoms with van der Waals surface area (Å²) >= 11 is 0. The Morgan fingerprint density at radius 3 is 2.67 bits per heavy atom. The first-order valence-electron chi connectivity index (χ1n) is 6.79. The molecule has 1 amide bonds. The minimum Gasteiger partial charge on any atom is -0.324 e. The average molecular weight is 246 g/mol. The fraction of sp³-hybridized carbons (Fsp3) is 0.533. The molecule has 0 saturated carbocycles. The molecule has 1 fully saturated rings. The van der Waals surface area contributed by atoms with Crippen molar-refractivity contribution in [2.75, 3.05) is 11.9 Å². The number of carbonyl (C=O) groups excluding carboxylic acids is 1. The molecule has 0 spiro atoms. The lowest BCUT2D eigenvalue weighted by atomic mass is 9.91. The van der Waals surface area contributed by atoms with Crippen molar-refractivity contribution in [1.29, 1.82) is 0 Å². The van der Waals surface area contributed by atoms with Crippen molar-refractivity contribution in [2.45, 2.75) is 45.1 Å². The van der Waals surface area contributed by atoms with Gasteiger partial charge in [0.25, 0.3) is 0 Å². The van der Waals surface area contributed by atoms with Crippen LogP contribution in [0.4, 0.5) is 5.69 Å². The smallest absolute Gasteiger partial charge is 0.244 e. The van der Waals surface area contributed by atoms with Crippen molar-refractivity contribution in [1.82, 2.24) is 5.32 Å². The fourth-order valence-corrected chi connectivity index (χ4v) is 2.64. The first-order valence-corrected chi connectivity index (χ1v) is 6.79. The summed E-state index contributed by atoms with van der Waals surface area (Å²) in [6, 6.07) is 7.96. The van der Waals surface area contributed by atoms with Gasteiger partial charge in [0.05, 0.1) is 5.54 Å². The monoisotopic (exact) mass is 246 g/mol. The highest BCUT2D eigenvalue weighted by Gasteiger charge is 2.39. The first-order chi connectivity index (χ1) is 8.66. The van der Waals surface area contributed by atoms with Crippen LogP contribution in [0.15, 0.2) is 24.3 Å². The highest BCUT2D eigenvalue weighted by Crippen LogP contribution is 2.26. The second-order valence-corrected chi connectivity index (χ2v) is 5.18. The summed E-state index contributed by atoms with van der Waals surface area (Å²) in [6.45, 7) is 5.12. The van der Waals surface area contributed by atoms with Crippen LogP contribution in [0.25, 0.3) is 0 Å². The van der Waals surface area contributed by atoms with Crippen LogP contribution in [-0.4, -0.2) is 18.0 Å². The second kappa shape index (κ2) is 5.53. The van der Waals surface area contributed by atoms with E-state index in [1.165, 1.54) is 5.56 Å². The molecule has 1 aromatic rings. The van der Waals surface area contributed by atoms with Gasteiger partial charge in [-0.2, -0.15) is 0 Å². The van der Waals surface area contributed by atoms with Crippen LogP contribution in [0.5, 0.6) is 0 Å². The van der Waals surface area contributed by atoms with Crippen LogP contribution in [-0.2, 0) is 4.79 Å². The maximum absolute atomic E-state index is 12.4. The Labute approximate surface area is 109 Å². The Morgan fingerprint density at radius 2 is 2.11 bits per heavy atom. The molecule has 1 unspecified atom stereocenters. The van der Waals surface area contributed by atoms with E-state index in [-0.39, 0.29) is 11.4 Å². The molecule has 98 valence electrons. The largest absolute Gasteiger partial charge is 0.324 e. The van der Waals surface area contributed by atoms with E-state index >= 15 is 0 Å². The SMILES string of the molecule is CCCC1(C(=O)Nc2ccc(C)cc2)CCCN1. The third kappa shape index (κ3) is 2.72. The van der Waals surface area contributed by atoms with Crippen LogP contribution >= 0.6 is 0 Å². The summed E-state index contributed by atoms with van der Waals surface area (Å²) in [5.74, 6) is 0.116. The van der Waals surface area contributed by atoms with Gasteiger partial charge in [-0.25, -0.2) is 0 Å². The number of rotatable bonds is 4. The van der Waals surface area contributed by atoms with Gasteiger partial charge in [0.15, 0.2) is 0 Å². The van der Waals surface area contributed by atoms with Crippen molar-refractivity contribution < 1.29 is 4.79 Å². The van der Waals surface area contributed by atoms with Crippen LogP contribution in [0, 0.1) is 6.92 Å². The molecular formula is C15H22N2O. The maximum Gasteiger partial charge on any atom is 0.244 e. The van der Waals surface area contributed by atoms with Crippen molar-refractivity contribution in [2.24, 2.45) is 0 Å².